The molecule has 0 nitrogen and oxygen atoms in total. The molecule has 0 N–H and O–H groups in total. The topological polar surface area (TPSA) is 0 Å². The Labute approximate surface area is 162 Å². The first-order chi connectivity index (χ1) is 10.3. The zero-order valence-corrected chi connectivity index (χ0v) is 20.3. The fourth-order valence-corrected chi connectivity index (χ4v) is 17.9. The third kappa shape index (κ3) is 7.57. The molecule has 0 radical (unpaired) electrons. The summed E-state index contributed by atoms with van der Waals surface area (Å²) in [7, 11) is 0. The number of thioether (sulfide) groups is 3. The van der Waals surface area contributed by atoms with Gasteiger partial charge < -0.3 is 0 Å². The Morgan fingerprint density at radius 3 is 1.33 bits per heavy atom. The number of rotatable bonds is 13. The number of hydrogen-bond donors (Lipinski definition) is 0. The van der Waals surface area contributed by atoms with Crippen LogP contribution in [0.5, 0.6) is 0 Å². The molecule has 3 fully saturated rings. The van der Waals surface area contributed by atoms with E-state index in [1.54, 1.807) is 31.9 Å². The van der Waals surface area contributed by atoms with Gasteiger partial charge in [0.25, 0.3) is 0 Å². The van der Waals surface area contributed by atoms with Crippen LogP contribution in [0, 0.1) is 5.41 Å². The fourth-order valence-electron chi connectivity index (χ4n) is 2.14. The summed E-state index contributed by atoms with van der Waals surface area (Å²) in [5, 5.41) is 12.8. The van der Waals surface area contributed by atoms with Crippen molar-refractivity contribution in [3.63, 3.8) is 0 Å². The first kappa shape index (κ1) is 18.4. The van der Waals surface area contributed by atoms with Gasteiger partial charge in [0.1, 0.15) is 0 Å². The van der Waals surface area contributed by atoms with Gasteiger partial charge in [-0.15, -0.1) is 0 Å². The Morgan fingerprint density at radius 2 is 1.10 bits per heavy atom. The van der Waals surface area contributed by atoms with Crippen LogP contribution in [-0.2, 0) is 0 Å². The van der Waals surface area contributed by atoms with E-state index in [9.17, 15) is 0 Å². The van der Waals surface area contributed by atoms with Crippen molar-refractivity contribution >= 4 is 80.2 Å². The van der Waals surface area contributed by atoms with Crippen molar-refractivity contribution in [3.8, 4) is 0 Å². The summed E-state index contributed by atoms with van der Waals surface area (Å²) < 4.78 is 0. The van der Waals surface area contributed by atoms with Gasteiger partial charge in [0.15, 0.2) is 0 Å². The third-order valence-corrected chi connectivity index (χ3v) is 17.6. The van der Waals surface area contributed by atoms with E-state index in [2.05, 4.69) is 42.2 Å². The second kappa shape index (κ2) is 9.35. The molecule has 6 heteroatoms. The van der Waals surface area contributed by atoms with Crippen LogP contribution in [0.15, 0.2) is 0 Å². The van der Waals surface area contributed by atoms with E-state index in [-0.39, 0.29) is 0 Å². The fraction of sp³-hybridized carbons (Fsp3) is 1.00. The van der Waals surface area contributed by atoms with Crippen LogP contribution < -0.4 is 0 Å². The molecule has 0 amide bonds. The van der Waals surface area contributed by atoms with Crippen molar-refractivity contribution in [1.29, 1.82) is 0 Å². The van der Waals surface area contributed by atoms with Crippen molar-refractivity contribution in [2.45, 2.75) is 61.0 Å². The summed E-state index contributed by atoms with van der Waals surface area (Å²) in [6, 6.07) is 0. The Kier molecular flexibility index (Phi) is 8.19. The van der Waals surface area contributed by atoms with Crippen LogP contribution in [0.25, 0.3) is 0 Å². The van der Waals surface area contributed by atoms with Crippen LogP contribution in [0.4, 0.5) is 0 Å². The summed E-state index contributed by atoms with van der Waals surface area (Å²) in [6.45, 7) is 2.51. The van der Waals surface area contributed by atoms with E-state index in [0.717, 1.165) is 66.0 Å². The molecule has 0 aliphatic carbocycles. The summed E-state index contributed by atoms with van der Waals surface area (Å²) in [6.07, 6.45) is 1.48. The van der Waals surface area contributed by atoms with Crippen molar-refractivity contribution in [2.24, 2.45) is 5.41 Å². The molecule has 3 saturated heterocycles. The van der Waals surface area contributed by atoms with Crippen LogP contribution in [0.2, 0.25) is 31.9 Å². The zero-order chi connectivity index (χ0) is 14.5. The molecular formula is C15H26S3Se3. The SMILES string of the molecule is CCC(C[Se]CC1CS1)(C[Se]CC1CS1)C[Se]CC1CS1. The van der Waals surface area contributed by atoms with Crippen molar-refractivity contribution < 1.29 is 0 Å². The summed E-state index contributed by atoms with van der Waals surface area (Å²) in [4.78, 5) is 0. The quantitative estimate of drug-likeness (QED) is 0.253. The van der Waals surface area contributed by atoms with Crippen LogP contribution in [-0.4, -0.2) is 77.9 Å². The molecule has 0 saturated carbocycles. The first-order valence-corrected chi connectivity index (χ1v) is 18.3. The average Bonchev–Trinajstić information content (AvgIpc) is 3.34. The van der Waals surface area contributed by atoms with E-state index in [4.69, 9.17) is 0 Å². The zero-order valence-electron chi connectivity index (χ0n) is 12.8. The minimum atomic E-state index is 0.790. The molecule has 0 aromatic rings. The Balaban J connectivity index is 1.41. The van der Waals surface area contributed by atoms with E-state index < -0.39 is 0 Å². The summed E-state index contributed by atoms with van der Waals surface area (Å²) in [5.74, 6) is 4.44. The molecule has 0 aromatic heterocycles. The molecule has 3 aliphatic rings. The maximum atomic E-state index is 2.51. The Hall–Kier alpha value is 2.61. The van der Waals surface area contributed by atoms with E-state index in [1.165, 1.54) is 23.7 Å². The van der Waals surface area contributed by atoms with Gasteiger partial charge >= 0.3 is 164 Å². The predicted molar refractivity (Wildman–Crippen MR) is 108 cm³/mol. The molecule has 0 aromatic carbocycles. The second-order valence-corrected chi connectivity index (χ2v) is 16.7. The molecule has 3 aliphatic heterocycles. The molecule has 3 rings (SSSR count). The Bertz CT molecular complexity index is 272. The predicted octanol–water partition coefficient (Wildman–Crippen LogP) is 4.35. The van der Waals surface area contributed by atoms with Crippen LogP contribution in [0.3, 0.4) is 0 Å². The summed E-state index contributed by atoms with van der Waals surface area (Å²) >= 11 is 9.44. The van der Waals surface area contributed by atoms with E-state index in [1.807, 2.05) is 0 Å². The maximum absolute atomic E-state index is 2.51. The standard InChI is InChI=1S/C15H26S3Se3/c1-2-15(9-19-6-12-3-16-12,10-20-7-13-4-17-13)11-21-8-14-5-18-14/h12-14H,2-11H2,1H3. The van der Waals surface area contributed by atoms with Crippen molar-refractivity contribution in [2.75, 3.05) is 17.3 Å². The molecule has 21 heavy (non-hydrogen) atoms. The van der Waals surface area contributed by atoms with Crippen LogP contribution >= 0.6 is 35.3 Å². The minimum absolute atomic E-state index is 0.790. The molecule has 3 atom stereocenters. The van der Waals surface area contributed by atoms with Gasteiger partial charge in [0.05, 0.1) is 0 Å². The average molecular weight is 539 g/mol. The molecular weight excluding hydrogens is 513 g/mol. The summed E-state index contributed by atoms with van der Waals surface area (Å²) in [5.41, 5.74) is 0.790. The number of hydrogen-bond acceptors (Lipinski definition) is 3. The van der Waals surface area contributed by atoms with Gasteiger partial charge in [-0.05, 0) is 0 Å². The molecule has 3 unspecified atom stereocenters. The van der Waals surface area contributed by atoms with E-state index >= 15 is 0 Å². The molecule has 0 bridgehead atoms. The second-order valence-electron chi connectivity index (χ2n) is 6.26. The monoisotopic (exact) mass is 542 g/mol. The van der Waals surface area contributed by atoms with Crippen molar-refractivity contribution in [1.82, 2.24) is 0 Å². The third-order valence-electron chi connectivity index (χ3n) is 4.09. The normalized spacial score (nSPS) is 32.7. The Morgan fingerprint density at radius 1 is 0.762 bits per heavy atom. The molecule has 0 spiro atoms. The van der Waals surface area contributed by atoms with E-state index in [0.29, 0.717) is 0 Å². The van der Waals surface area contributed by atoms with Crippen molar-refractivity contribution in [3.05, 3.63) is 0 Å². The van der Waals surface area contributed by atoms with Gasteiger partial charge in [0.2, 0.25) is 0 Å². The van der Waals surface area contributed by atoms with Gasteiger partial charge in [-0.1, -0.05) is 0 Å². The van der Waals surface area contributed by atoms with Gasteiger partial charge in [-0.2, -0.15) is 0 Å². The molecule has 3 heterocycles. The van der Waals surface area contributed by atoms with Crippen LogP contribution in [0.1, 0.15) is 13.3 Å². The van der Waals surface area contributed by atoms with Gasteiger partial charge in [-0.25, -0.2) is 0 Å². The van der Waals surface area contributed by atoms with Gasteiger partial charge in [0, 0.05) is 0 Å². The van der Waals surface area contributed by atoms with Gasteiger partial charge in [-0.3, -0.25) is 0 Å². The molecule has 122 valence electrons. The first-order valence-electron chi connectivity index (χ1n) is 7.88.